The quantitative estimate of drug-likeness (QED) is 0.159. The van der Waals surface area contributed by atoms with E-state index >= 15 is 0 Å². The average Bonchev–Trinajstić information content (AvgIpc) is 3.74. The maximum Gasteiger partial charge on any atom is 0.0979 e. The highest BCUT2D eigenvalue weighted by atomic mass is 14.8. The Morgan fingerprint density at radius 2 is 0.462 bits per heavy atom. The molecule has 0 fully saturated rings. The van der Waals surface area contributed by atoms with Gasteiger partial charge in [-0.3, -0.25) is 0 Å². The Balaban J connectivity index is 0.000000219. The molecule has 268 valence electrons. The molecule has 0 unspecified atom stereocenters. The summed E-state index contributed by atoms with van der Waals surface area (Å²) in [4.78, 5) is 19.3. The molecule has 4 nitrogen and oxygen atoms in total. The van der Waals surface area contributed by atoms with Crippen molar-refractivity contribution < 1.29 is 0 Å². The number of hydrogen-bond acceptors (Lipinski definition) is 4. The highest BCUT2D eigenvalue weighted by Gasteiger charge is 2.25. The van der Waals surface area contributed by atoms with Crippen LogP contribution in [0.2, 0.25) is 0 Å². The second-order valence-electron chi connectivity index (χ2n) is 10.2. The fourth-order valence-electron chi connectivity index (χ4n) is 6.22. The van der Waals surface area contributed by atoms with Crippen LogP contribution in [0.4, 0.5) is 0 Å². The van der Waals surface area contributed by atoms with Crippen LogP contribution in [-0.2, 0) is 0 Å². The summed E-state index contributed by atoms with van der Waals surface area (Å²) < 4.78 is 0. The zero-order valence-electron chi connectivity index (χ0n) is 33.3. The van der Waals surface area contributed by atoms with E-state index in [0.717, 1.165) is 44.8 Å². The third kappa shape index (κ3) is 7.72. The lowest BCUT2D eigenvalue weighted by atomic mass is 10.0. The Hall–Kier alpha value is -5.48. The second kappa shape index (κ2) is 20.4. The van der Waals surface area contributed by atoms with Crippen molar-refractivity contribution in [3.8, 4) is 45.0 Å². The van der Waals surface area contributed by atoms with E-state index in [1.165, 1.54) is 43.8 Å². The molecular formula is C48H56N4. The van der Waals surface area contributed by atoms with Gasteiger partial charge in [0.15, 0.2) is 0 Å². The van der Waals surface area contributed by atoms with Gasteiger partial charge in [0, 0.05) is 33.0 Å². The molecule has 4 heteroatoms. The summed E-state index contributed by atoms with van der Waals surface area (Å²) in [5, 5.41) is 5.06. The van der Waals surface area contributed by atoms with Crippen LogP contribution in [0.25, 0.3) is 88.6 Å². The summed E-state index contributed by atoms with van der Waals surface area (Å²) in [6.07, 6.45) is 0. The van der Waals surface area contributed by atoms with Gasteiger partial charge in [0.05, 0.1) is 44.8 Å². The highest BCUT2D eigenvalue weighted by molar-refractivity contribution is 6.15. The fourth-order valence-corrected chi connectivity index (χ4v) is 6.22. The van der Waals surface area contributed by atoms with Crippen molar-refractivity contribution in [3.05, 3.63) is 121 Å². The largest absolute Gasteiger partial charge is 0.244 e. The molecule has 0 atom stereocenters. The van der Waals surface area contributed by atoms with Crippen LogP contribution in [0.15, 0.2) is 121 Å². The summed E-state index contributed by atoms with van der Waals surface area (Å²) in [5.41, 5.74) is 12.7. The standard InChI is InChI=1S/2C18H10N2.6C2H6/c2*1-2-10-15-14(9-1)19-17-12-7-3-5-11-6-4-8-13(16(11)12)18(17)20-15;6*1-2/h2*1-10H;6*1-2H3. The van der Waals surface area contributed by atoms with Crippen LogP contribution in [0.5, 0.6) is 0 Å². The SMILES string of the molecule is CC.CC.CC.CC.CC.CC.c1cc2c3c(cccc3c1)-c1nc3ccccc3nc1-2.c1cc2c3c(cccc3c1)-c1nc3ccccc3nc1-2. The Kier molecular flexibility index (Phi) is 16.1. The molecule has 0 N–H and O–H groups in total. The third-order valence-electron chi connectivity index (χ3n) is 7.97. The van der Waals surface area contributed by atoms with E-state index in [1.54, 1.807) is 0 Å². The number of rotatable bonds is 0. The predicted molar refractivity (Wildman–Crippen MR) is 231 cm³/mol. The van der Waals surface area contributed by atoms with Crippen LogP contribution in [0.3, 0.4) is 0 Å². The maximum atomic E-state index is 4.83. The molecule has 0 spiro atoms. The van der Waals surface area contributed by atoms with Crippen LogP contribution in [0, 0.1) is 0 Å². The molecule has 0 radical (unpaired) electrons. The van der Waals surface area contributed by atoms with Gasteiger partial charge in [-0.15, -0.1) is 0 Å². The monoisotopic (exact) mass is 688 g/mol. The van der Waals surface area contributed by atoms with Gasteiger partial charge in [-0.2, -0.15) is 0 Å². The lowest BCUT2D eigenvalue weighted by molar-refractivity contribution is 1.32. The smallest absolute Gasteiger partial charge is 0.0979 e. The van der Waals surface area contributed by atoms with E-state index in [2.05, 4.69) is 72.8 Å². The lowest BCUT2D eigenvalue weighted by Crippen LogP contribution is -1.89. The molecule has 0 saturated carbocycles. The topological polar surface area (TPSA) is 51.6 Å². The van der Waals surface area contributed by atoms with E-state index in [1.807, 2.05) is 132 Å². The first-order chi connectivity index (χ1) is 25.8. The van der Waals surface area contributed by atoms with Crippen molar-refractivity contribution in [3.63, 3.8) is 0 Å². The molecule has 10 rings (SSSR count). The Morgan fingerprint density at radius 3 is 0.673 bits per heavy atom. The molecule has 0 aliphatic heterocycles. The van der Waals surface area contributed by atoms with Gasteiger partial charge in [0.2, 0.25) is 0 Å². The number of hydrogen-bond donors (Lipinski definition) is 0. The summed E-state index contributed by atoms with van der Waals surface area (Å²) in [6.45, 7) is 24.0. The number of aromatic nitrogens is 4. The fraction of sp³-hybridized carbons (Fsp3) is 0.250. The third-order valence-corrected chi connectivity index (χ3v) is 7.97. The molecule has 52 heavy (non-hydrogen) atoms. The van der Waals surface area contributed by atoms with E-state index < -0.39 is 0 Å². The molecular weight excluding hydrogens is 633 g/mol. The maximum absolute atomic E-state index is 4.83. The first-order valence-electron chi connectivity index (χ1n) is 19.4. The molecule has 8 aromatic rings. The zero-order valence-corrected chi connectivity index (χ0v) is 33.3. The van der Waals surface area contributed by atoms with Crippen molar-refractivity contribution >= 4 is 43.6 Å². The molecule has 2 aliphatic rings. The summed E-state index contributed by atoms with van der Waals surface area (Å²) >= 11 is 0. The average molecular weight is 689 g/mol. The first-order valence-corrected chi connectivity index (χ1v) is 19.4. The first kappa shape index (κ1) is 40.9. The van der Waals surface area contributed by atoms with Crippen molar-refractivity contribution in [1.29, 1.82) is 0 Å². The minimum Gasteiger partial charge on any atom is -0.244 e. The minimum absolute atomic E-state index is 0.955. The minimum atomic E-state index is 0.955. The molecule has 6 aromatic carbocycles. The zero-order chi connectivity index (χ0) is 38.2. The van der Waals surface area contributed by atoms with E-state index in [9.17, 15) is 0 Å². The normalized spacial score (nSPS) is 9.92. The predicted octanol–water partition coefficient (Wildman–Crippen LogP) is 15.0. The van der Waals surface area contributed by atoms with Gasteiger partial charge in [-0.1, -0.05) is 180 Å². The van der Waals surface area contributed by atoms with Gasteiger partial charge in [-0.25, -0.2) is 19.9 Å². The number of para-hydroxylation sites is 4. The number of nitrogens with zero attached hydrogens (tertiary/aromatic N) is 4. The van der Waals surface area contributed by atoms with E-state index in [-0.39, 0.29) is 0 Å². The van der Waals surface area contributed by atoms with Gasteiger partial charge < -0.3 is 0 Å². The summed E-state index contributed by atoms with van der Waals surface area (Å²) in [5.74, 6) is 0. The summed E-state index contributed by atoms with van der Waals surface area (Å²) in [6, 6.07) is 41.6. The van der Waals surface area contributed by atoms with Crippen molar-refractivity contribution in [2.24, 2.45) is 0 Å². The Labute approximate surface area is 312 Å². The summed E-state index contributed by atoms with van der Waals surface area (Å²) in [7, 11) is 0. The van der Waals surface area contributed by atoms with Crippen molar-refractivity contribution in [2.75, 3.05) is 0 Å². The van der Waals surface area contributed by atoms with Gasteiger partial charge in [0.1, 0.15) is 0 Å². The van der Waals surface area contributed by atoms with Gasteiger partial charge >= 0.3 is 0 Å². The van der Waals surface area contributed by atoms with Crippen LogP contribution in [0.1, 0.15) is 83.1 Å². The Morgan fingerprint density at radius 1 is 0.250 bits per heavy atom. The molecule has 0 saturated heterocycles. The number of fused-ring (bicyclic) bond motifs is 8. The molecule has 0 bridgehead atoms. The molecule has 2 aliphatic carbocycles. The van der Waals surface area contributed by atoms with Crippen molar-refractivity contribution in [1.82, 2.24) is 19.9 Å². The molecule has 2 aromatic heterocycles. The van der Waals surface area contributed by atoms with Crippen LogP contribution >= 0.6 is 0 Å². The lowest BCUT2D eigenvalue weighted by Gasteiger charge is -2.02. The highest BCUT2D eigenvalue weighted by Crippen LogP contribution is 2.46. The second-order valence-corrected chi connectivity index (χ2v) is 10.2. The Bertz CT molecular complexity index is 2020. The van der Waals surface area contributed by atoms with Crippen LogP contribution in [-0.4, -0.2) is 19.9 Å². The van der Waals surface area contributed by atoms with Gasteiger partial charge in [0.25, 0.3) is 0 Å². The van der Waals surface area contributed by atoms with E-state index in [4.69, 9.17) is 19.9 Å². The molecule has 0 amide bonds. The number of benzene rings is 6. The van der Waals surface area contributed by atoms with Gasteiger partial charge in [-0.05, 0) is 35.0 Å². The van der Waals surface area contributed by atoms with Crippen LogP contribution < -0.4 is 0 Å². The van der Waals surface area contributed by atoms with Crippen molar-refractivity contribution in [2.45, 2.75) is 83.1 Å². The molecule has 2 heterocycles. The van der Waals surface area contributed by atoms with E-state index in [0.29, 0.717) is 0 Å².